The van der Waals surface area contributed by atoms with Crippen molar-refractivity contribution in [2.75, 3.05) is 64.8 Å². The van der Waals surface area contributed by atoms with Gasteiger partial charge in [0.25, 0.3) is 0 Å². The number of hydrogen-bond donors (Lipinski definition) is 1. The van der Waals surface area contributed by atoms with Crippen molar-refractivity contribution < 1.29 is 0 Å². The van der Waals surface area contributed by atoms with Crippen LogP contribution in [-0.2, 0) is 6.42 Å². The monoisotopic (exact) mass is 354 g/mol. The summed E-state index contributed by atoms with van der Waals surface area (Å²) in [6.45, 7) is 7.48. The lowest BCUT2D eigenvalue weighted by molar-refractivity contribution is 0.229. The lowest BCUT2D eigenvalue weighted by Gasteiger charge is -2.37. The highest BCUT2D eigenvalue weighted by atomic mass is 79.9. The maximum absolute atomic E-state index is 5.74. The van der Waals surface area contributed by atoms with Gasteiger partial charge in [-0.05, 0) is 44.8 Å². The lowest BCUT2D eigenvalue weighted by Crippen LogP contribution is -2.48. The van der Waals surface area contributed by atoms with Gasteiger partial charge in [0.1, 0.15) is 0 Å². The van der Waals surface area contributed by atoms with Gasteiger partial charge in [-0.15, -0.1) is 0 Å². The Kier molecular flexibility index (Phi) is 6.48. The number of benzene rings is 1. The third-order valence-corrected chi connectivity index (χ3v) is 4.53. The molecule has 1 saturated heterocycles. The number of halogens is 1. The molecule has 1 aliphatic heterocycles. The van der Waals surface area contributed by atoms with Crippen molar-refractivity contribution in [2.45, 2.75) is 6.42 Å². The molecule has 0 saturated carbocycles. The van der Waals surface area contributed by atoms with E-state index in [1.807, 2.05) is 0 Å². The van der Waals surface area contributed by atoms with Crippen LogP contribution in [0.1, 0.15) is 5.56 Å². The molecule has 2 rings (SSSR count). The van der Waals surface area contributed by atoms with Crippen molar-refractivity contribution in [2.24, 2.45) is 5.73 Å². The number of hydrogen-bond acceptors (Lipinski definition) is 4. The van der Waals surface area contributed by atoms with Gasteiger partial charge in [0.2, 0.25) is 0 Å². The molecule has 0 unspecified atom stereocenters. The molecular weight excluding hydrogens is 328 g/mol. The minimum Gasteiger partial charge on any atom is -0.369 e. The standard InChI is InChI=1S/C16H27BrN4/c1-19(2)7-8-20-9-11-21(12-10-20)16-13-15(17)4-3-14(16)5-6-18/h3-4,13H,5-12,18H2,1-2H3. The van der Waals surface area contributed by atoms with E-state index in [4.69, 9.17) is 5.73 Å². The summed E-state index contributed by atoms with van der Waals surface area (Å²) in [7, 11) is 4.27. The first-order valence-electron chi connectivity index (χ1n) is 7.70. The van der Waals surface area contributed by atoms with E-state index in [0.29, 0.717) is 6.54 Å². The van der Waals surface area contributed by atoms with Crippen LogP contribution in [0.5, 0.6) is 0 Å². The van der Waals surface area contributed by atoms with Gasteiger partial charge in [0.05, 0.1) is 0 Å². The molecule has 0 spiro atoms. The Bertz CT molecular complexity index is 442. The molecule has 0 amide bonds. The van der Waals surface area contributed by atoms with Gasteiger partial charge in [-0.1, -0.05) is 22.0 Å². The highest BCUT2D eigenvalue weighted by Gasteiger charge is 2.19. The molecule has 0 atom stereocenters. The normalized spacial score (nSPS) is 16.7. The second-order valence-electron chi connectivity index (χ2n) is 5.94. The molecule has 1 aromatic carbocycles. The fraction of sp³-hybridized carbons (Fsp3) is 0.625. The summed E-state index contributed by atoms with van der Waals surface area (Å²) in [4.78, 5) is 7.30. The van der Waals surface area contributed by atoms with Crippen LogP contribution >= 0.6 is 15.9 Å². The number of nitrogens with two attached hydrogens (primary N) is 1. The maximum atomic E-state index is 5.74. The van der Waals surface area contributed by atoms with E-state index >= 15 is 0 Å². The molecule has 1 aromatic rings. The molecule has 1 fully saturated rings. The van der Waals surface area contributed by atoms with Gasteiger partial charge in [0.15, 0.2) is 0 Å². The molecule has 5 heteroatoms. The first kappa shape index (κ1) is 16.7. The summed E-state index contributed by atoms with van der Waals surface area (Å²) >= 11 is 3.59. The topological polar surface area (TPSA) is 35.7 Å². The summed E-state index contributed by atoms with van der Waals surface area (Å²) in [6, 6.07) is 6.55. The van der Waals surface area contributed by atoms with Gasteiger partial charge in [-0.2, -0.15) is 0 Å². The molecule has 1 aliphatic rings. The van der Waals surface area contributed by atoms with Crippen LogP contribution in [0.25, 0.3) is 0 Å². The predicted octanol–water partition coefficient (Wildman–Crippen LogP) is 1.63. The number of rotatable bonds is 6. The van der Waals surface area contributed by atoms with Crippen LogP contribution in [0, 0.1) is 0 Å². The molecule has 0 radical (unpaired) electrons. The van der Waals surface area contributed by atoms with Gasteiger partial charge >= 0.3 is 0 Å². The molecule has 4 nitrogen and oxygen atoms in total. The van der Waals surface area contributed by atoms with E-state index in [0.717, 1.165) is 50.2 Å². The van der Waals surface area contributed by atoms with Crippen molar-refractivity contribution in [3.63, 3.8) is 0 Å². The van der Waals surface area contributed by atoms with Gasteiger partial charge in [0, 0.05) is 49.4 Å². The van der Waals surface area contributed by atoms with E-state index in [1.54, 1.807) is 0 Å². The Hall–Kier alpha value is -0.620. The first-order chi connectivity index (χ1) is 10.1. The number of piperazine rings is 1. The van der Waals surface area contributed by atoms with Gasteiger partial charge in [-0.25, -0.2) is 0 Å². The summed E-state index contributed by atoms with van der Waals surface area (Å²) in [6.07, 6.45) is 0.948. The molecule has 118 valence electrons. The van der Waals surface area contributed by atoms with Crippen LogP contribution in [0.15, 0.2) is 22.7 Å². The summed E-state index contributed by atoms with van der Waals surface area (Å²) in [5, 5.41) is 0. The molecular formula is C16H27BrN4. The second-order valence-corrected chi connectivity index (χ2v) is 6.86. The van der Waals surface area contributed by atoms with Crippen LogP contribution in [-0.4, -0.2) is 69.7 Å². The van der Waals surface area contributed by atoms with E-state index in [9.17, 15) is 0 Å². The zero-order chi connectivity index (χ0) is 15.2. The van der Waals surface area contributed by atoms with Crippen molar-refractivity contribution >= 4 is 21.6 Å². The van der Waals surface area contributed by atoms with Crippen LogP contribution < -0.4 is 10.6 Å². The van der Waals surface area contributed by atoms with Gasteiger partial charge in [-0.3, -0.25) is 4.90 Å². The minimum absolute atomic E-state index is 0.706. The first-order valence-corrected chi connectivity index (χ1v) is 8.50. The van der Waals surface area contributed by atoms with E-state index in [2.05, 4.69) is 62.9 Å². The SMILES string of the molecule is CN(C)CCN1CCN(c2cc(Br)ccc2CCN)CC1. The average molecular weight is 355 g/mol. The van der Waals surface area contributed by atoms with E-state index in [-0.39, 0.29) is 0 Å². The smallest absolute Gasteiger partial charge is 0.0411 e. The van der Waals surface area contributed by atoms with E-state index in [1.165, 1.54) is 11.3 Å². The number of nitrogens with zero attached hydrogens (tertiary/aromatic N) is 3. The van der Waals surface area contributed by atoms with E-state index < -0.39 is 0 Å². The second kappa shape index (κ2) is 8.13. The highest BCUT2D eigenvalue weighted by molar-refractivity contribution is 9.10. The number of likely N-dealkylation sites (N-methyl/N-ethyl adjacent to an activating group) is 1. The molecule has 0 aromatic heterocycles. The van der Waals surface area contributed by atoms with Gasteiger partial charge < -0.3 is 15.5 Å². The third kappa shape index (κ3) is 4.95. The highest BCUT2D eigenvalue weighted by Crippen LogP contribution is 2.26. The average Bonchev–Trinajstić information content (AvgIpc) is 2.48. The third-order valence-electron chi connectivity index (χ3n) is 4.04. The van der Waals surface area contributed by atoms with Crippen molar-refractivity contribution in [1.82, 2.24) is 9.80 Å². The Morgan fingerprint density at radius 1 is 1.19 bits per heavy atom. The van der Waals surface area contributed by atoms with Crippen molar-refractivity contribution in [3.05, 3.63) is 28.2 Å². The summed E-state index contributed by atoms with van der Waals surface area (Å²) < 4.78 is 1.15. The molecule has 1 heterocycles. The number of anilines is 1. The van der Waals surface area contributed by atoms with Crippen LogP contribution in [0.4, 0.5) is 5.69 Å². The maximum Gasteiger partial charge on any atom is 0.0411 e. The zero-order valence-electron chi connectivity index (χ0n) is 13.2. The summed E-state index contributed by atoms with van der Waals surface area (Å²) in [5.74, 6) is 0. The Labute approximate surface area is 137 Å². The minimum atomic E-state index is 0.706. The molecule has 2 N–H and O–H groups in total. The fourth-order valence-corrected chi connectivity index (χ4v) is 3.10. The quantitative estimate of drug-likeness (QED) is 0.842. The lowest BCUT2D eigenvalue weighted by atomic mass is 10.1. The van der Waals surface area contributed by atoms with Crippen LogP contribution in [0.2, 0.25) is 0 Å². The summed E-state index contributed by atoms with van der Waals surface area (Å²) in [5.41, 5.74) is 8.46. The predicted molar refractivity (Wildman–Crippen MR) is 94.1 cm³/mol. The largest absolute Gasteiger partial charge is 0.369 e. The Morgan fingerprint density at radius 3 is 2.52 bits per heavy atom. The molecule has 0 aliphatic carbocycles. The van der Waals surface area contributed by atoms with Crippen molar-refractivity contribution in [3.8, 4) is 0 Å². The fourth-order valence-electron chi connectivity index (χ4n) is 2.75. The van der Waals surface area contributed by atoms with Crippen LogP contribution in [0.3, 0.4) is 0 Å². The Morgan fingerprint density at radius 2 is 1.90 bits per heavy atom. The zero-order valence-corrected chi connectivity index (χ0v) is 14.8. The Balaban J connectivity index is 1.96. The van der Waals surface area contributed by atoms with Crippen molar-refractivity contribution in [1.29, 1.82) is 0 Å². The molecule has 21 heavy (non-hydrogen) atoms. The molecule has 0 bridgehead atoms.